The largest absolute Gasteiger partial charge is 0.397 e. The predicted octanol–water partition coefficient (Wildman–Crippen LogP) is 3.62. The van der Waals surface area contributed by atoms with Gasteiger partial charge in [0.25, 0.3) is 0 Å². The molecule has 0 unspecified atom stereocenters. The predicted molar refractivity (Wildman–Crippen MR) is 102 cm³/mol. The minimum Gasteiger partial charge on any atom is -0.369 e. The van der Waals surface area contributed by atoms with Crippen molar-refractivity contribution >= 4 is 38.8 Å². The van der Waals surface area contributed by atoms with Crippen molar-refractivity contribution < 1.29 is 17.2 Å². The monoisotopic (exact) mass is 389 g/mol. The number of aromatic nitrogens is 2. The van der Waals surface area contributed by atoms with Crippen LogP contribution < -0.4 is 4.90 Å². The number of aromatic amines is 1. The molecule has 0 saturated heterocycles. The van der Waals surface area contributed by atoms with Gasteiger partial charge < -0.3 is 9.88 Å². The summed E-state index contributed by atoms with van der Waals surface area (Å²) in [6.07, 6.45) is 0. The summed E-state index contributed by atoms with van der Waals surface area (Å²) >= 11 is 0. The lowest BCUT2D eigenvalue weighted by Gasteiger charge is -2.22. The van der Waals surface area contributed by atoms with Crippen LogP contribution in [0.1, 0.15) is 6.92 Å². The second-order valence-electron chi connectivity index (χ2n) is 5.62. The molecule has 2 N–H and O–H groups in total. The zero-order chi connectivity index (χ0) is 19.3. The van der Waals surface area contributed by atoms with E-state index in [0.717, 1.165) is 16.7 Å². The molecule has 0 saturated carbocycles. The molecule has 0 spiro atoms. The van der Waals surface area contributed by atoms with E-state index >= 15 is 0 Å². The topological polar surface area (TPSA) is 120 Å². The number of likely N-dealkylation sites (N-methyl/N-ethyl adjacent to an activating group) is 1. The Morgan fingerprint density at radius 3 is 2.56 bits per heavy atom. The van der Waals surface area contributed by atoms with Gasteiger partial charge in [0.1, 0.15) is 0 Å². The second-order valence-corrected chi connectivity index (χ2v) is 6.71. The van der Waals surface area contributed by atoms with Gasteiger partial charge >= 0.3 is 10.4 Å². The van der Waals surface area contributed by atoms with Crippen LogP contribution in [0.4, 0.5) is 17.3 Å². The summed E-state index contributed by atoms with van der Waals surface area (Å²) in [5.41, 5.74) is 3.25. The highest BCUT2D eigenvalue weighted by molar-refractivity contribution is 7.80. The van der Waals surface area contributed by atoms with E-state index in [1.54, 1.807) is 12.1 Å². The van der Waals surface area contributed by atoms with Crippen molar-refractivity contribution in [2.75, 3.05) is 24.6 Å². The Morgan fingerprint density at radius 1 is 1.15 bits per heavy atom. The molecule has 0 bridgehead atoms. The van der Waals surface area contributed by atoms with Crippen molar-refractivity contribution in [3.63, 3.8) is 0 Å². The first-order valence-electron chi connectivity index (χ1n) is 8.28. The molecule has 27 heavy (non-hydrogen) atoms. The fourth-order valence-corrected chi connectivity index (χ4v) is 2.83. The van der Waals surface area contributed by atoms with Crippen molar-refractivity contribution in [2.45, 2.75) is 6.92 Å². The van der Waals surface area contributed by atoms with Gasteiger partial charge in [-0.25, -0.2) is 9.17 Å². The van der Waals surface area contributed by atoms with Gasteiger partial charge in [-0.05, 0) is 43.3 Å². The normalized spacial score (nSPS) is 12.1. The number of fused-ring (bicyclic) bond motifs is 1. The maximum atomic E-state index is 10.6. The average molecular weight is 389 g/mol. The van der Waals surface area contributed by atoms with Crippen LogP contribution in [0.25, 0.3) is 11.0 Å². The van der Waals surface area contributed by atoms with Gasteiger partial charge in [-0.3, -0.25) is 4.55 Å². The molecule has 0 radical (unpaired) electrons. The summed E-state index contributed by atoms with van der Waals surface area (Å²) < 4.78 is 34.2. The van der Waals surface area contributed by atoms with E-state index in [-0.39, 0.29) is 6.61 Å². The molecule has 3 rings (SSSR count). The minimum absolute atomic E-state index is 0.139. The Balaban J connectivity index is 1.64. The Hall–Kier alpha value is -2.82. The van der Waals surface area contributed by atoms with Crippen LogP contribution in [0.15, 0.2) is 58.8 Å². The molecule has 9 nitrogen and oxygen atoms in total. The van der Waals surface area contributed by atoms with Crippen molar-refractivity contribution in [3.8, 4) is 0 Å². The quantitative estimate of drug-likeness (QED) is 0.448. The maximum absolute atomic E-state index is 10.6. The number of nitrogens with zero attached hydrogens (tertiary/aromatic N) is 4. The van der Waals surface area contributed by atoms with E-state index < -0.39 is 10.4 Å². The van der Waals surface area contributed by atoms with Crippen LogP contribution in [0.3, 0.4) is 0 Å². The molecule has 0 fully saturated rings. The molecule has 1 aromatic heterocycles. The summed E-state index contributed by atoms with van der Waals surface area (Å²) in [4.78, 5) is 9.32. The molecule has 0 atom stereocenters. The zero-order valence-corrected chi connectivity index (χ0v) is 15.4. The van der Waals surface area contributed by atoms with Crippen LogP contribution in [0.2, 0.25) is 0 Å². The number of para-hydroxylation sites is 2. The molecular formula is C17H19N5O4S. The number of imidazole rings is 1. The van der Waals surface area contributed by atoms with Gasteiger partial charge in [0.2, 0.25) is 5.95 Å². The molecule has 1 heterocycles. The minimum atomic E-state index is -4.42. The summed E-state index contributed by atoms with van der Waals surface area (Å²) in [5.74, 6) is 0.429. The first kappa shape index (κ1) is 19.0. The lowest BCUT2D eigenvalue weighted by molar-refractivity contribution is 0.274. The van der Waals surface area contributed by atoms with Gasteiger partial charge in [-0.1, -0.05) is 12.1 Å². The summed E-state index contributed by atoms with van der Waals surface area (Å²) in [6, 6.07) is 14.9. The number of anilines is 1. The summed E-state index contributed by atoms with van der Waals surface area (Å²) in [5, 5.41) is 8.28. The third kappa shape index (κ3) is 5.33. The highest BCUT2D eigenvalue weighted by atomic mass is 32.3. The number of azo groups is 1. The van der Waals surface area contributed by atoms with E-state index in [2.05, 4.69) is 24.4 Å². The SMILES string of the molecule is CCN(CCOS(=O)(=O)O)c1ccc(N=Nc2nc3ccccc3[nH]2)cc1. The number of rotatable bonds is 8. The van der Waals surface area contributed by atoms with Crippen molar-refractivity contribution in [1.29, 1.82) is 0 Å². The van der Waals surface area contributed by atoms with E-state index in [1.165, 1.54) is 0 Å². The molecule has 0 aliphatic rings. The number of benzene rings is 2. The third-order valence-corrected chi connectivity index (χ3v) is 4.29. The Morgan fingerprint density at radius 2 is 1.89 bits per heavy atom. The standard InChI is InChI=1S/C17H19N5O4S/c1-2-22(11-12-26-27(23,24)25)14-9-7-13(8-10-14)20-21-17-18-15-5-3-4-6-16(15)19-17/h3-10H,2,11-12H2,1H3,(H,18,19)(H,23,24,25). The smallest absolute Gasteiger partial charge is 0.369 e. The van der Waals surface area contributed by atoms with Crippen LogP contribution >= 0.6 is 0 Å². The number of hydrogen-bond acceptors (Lipinski definition) is 7. The van der Waals surface area contributed by atoms with Gasteiger partial charge in [0.15, 0.2) is 0 Å². The molecule has 2 aromatic carbocycles. The van der Waals surface area contributed by atoms with E-state index in [4.69, 9.17) is 4.55 Å². The molecule has 3 aromatic rings. The average Bonchev–Trinajstić information content (AvgIpc) is 3.06. The highest BCUT2D eigenvalue weighted by Crippen LogP contribution is 2.22. The van der Waals surface area contributed by atoms with Crippen molar-refractivity contribution in [3.05, 3.63) is 48.5 Å². The van der Waals surface area contributed by atoms with Crippen molar-refractivity contribution in [2.24, 2.45) is 10.2 Å². The number of H-pyrrole nitrogens is 1. The molecule has 0 amide bonds. The maximum Gasteiger partial charge on any atom is 0.397 e. The molecule has 0 aliphatic carbocycles. The van der Waals surface area contributed by atoms with E-state index in [0.29, 0.717) is 24.7 Å². The Bertz CT molecular complexity index is 998. The number of hydrogen-bond donors (Lipinski definition) is 2. The second kappa shape index (κ2) is 8.25. The summed E-state index contributed by atoms with van der Waals surface area (Å²) in [6.45, 7) is 2.76. The van der Waals surface area contributed by atoms with Gasteiger partial charge in [0.05, 0.1) is 23.3 Å². The third-order valence-electron chi connectivity index (χ3n) is 3.83. The van der Waals surface area contributed by atoms with Gasteiger partial charge in [-0.2, -0.15) is 8.42 Å². The Labute approximate surface area is 156 Å². The first-order chi connectivity index (χ1) is 12.9. The summed E-state index contributed by atoms with van der Waals surface area (Å²) in [7, 11) is -4.42. The highest BCUT2D eigenvalue weighted by Gasteiger charge is 2.08. The van der Waals surface area contributed by atoms with Crippen LogP contribution in [-0.4, -0.2) is 42.6 Å². The molecular weight excluding hydrogens is 370 g/mol. The zero-order valence-electron chi connectivity index (χ0n) is 14.6. The first-order valence-corrected chi connectivity index (χ1v) is 9.64. The Kier molecular flexibility index (Phi) is 5.79. The van der Waals surface area contributed by atoms with Crippen LogP contribution in [0.5, 0.6) is 0 Å². The fourth-order valence-electron chi connectivity index (χ4n) is 2.54. The fraction of sp³-hybridized carbons (Fsp3) is 0.235. The van der Waals surface area contributed by atoms with Gasteiger partial charge in [0, 0.05) is 18.8 Å². The number of nitrogens with one attached hydrogen (secondary N) is 1. The molecule has 0 aliphatic heterocycles. The van der Waals surface area contributed by atoms with Crippen LogP contribution in [0, 0.1) is 0 Å². The molecule has 10 heteroatoms. The lowest BCUT2D eigenvalue weighted by Crippen LogP contribution is -2.27. The van der Waals surface area contributed by atoms with Crippen LogP contribution in [-0.2, 0) is 14.6 Å². The molecule has 142 valence electrons. The van der Waals surface area contributed by atoms with E-state index in [1.807, 2.05) is 48.2 Å². The van der Waals surface area contributed by atoms with E-state index in [9.17, 15) is 8.42 Å². The van der Waals surface area contributed by atoms with Gasteiger partial charge in [-0.15, -0.1) is 10.2 Å². The van der Waals surface area contributed by atoms with Crippen molar-refractivity contribution in [1.82, 2.24) is 9.97 Å². The lowest BCUT2D eigenvalue weighted by atomic mass is 10.2.